The van der Waals surface area contributed by atoms with Crippen molar-refractivity contribution >= 4 is 0 Å². The smallest absolute Gasteiger partial charge is 0.0492 e. The largest absolute Gasteiger partial charge is 0.316 e. The lowest BCUT2D eigenvalue weighted by Crippen LogP contribution is -2.28. The molecule has 3 heterocycles. The Morgan fingerprint density at radius 3 is 2.75 bits per heavy atom. The summed E-state index contributed by atoms with van der Waals surface area (Å²) in [6.45, 7) is 6.22. The average Bonchev–Trinajstić information content (AvgIpc) is 2.89. The van der Waals surface area contributed by atoms with Crippen LogP contribution in [0.1, 0.15) is 5.69 Å². The Labute approximate surface area is 96.6 Å². The van der Waals surface area contributed by atoms with E-state index in [9.17, 15) is 0 Å². The second-order valence-electron chi connectivity index (χ2n) is 5.13. The van der Waals surface area contributed by atoms with Gasteiger partial charge in [-0.05, 0) is 31.0 Å². The van der Waals surface area contributed by atoms with Crippen LogP contribution in [-0.4, -0.2) is 47.4 Å². The van der Waals surface area contributed by atoms with E-state index >= 15 is 0 Å². The molecule has 88 valence electrons. The molecule has 1 aromatic rings. The summed E-state index contributed by atoms with van der Waals surface area (Å²) in [6, 6.07) is 2.12. The van der Waals surface area contributed by atoms with Crippen LogP contribution in [-0.2, 0) is 13.5 Å². The fraction of sp³-hybridized carbons (Fsp3) is 0.750. The number of nitrogens with zero attached hydrogens (tertiary/aromatic N) is 3. The highest BCUT2D eigenvalue weighted by Crippen LogP contribution is 2.26. The molecule has 0 aromatic carbocycles. The first-order valence-corrected chi connectivity index (χ1v) is 6.23. The average molecular weight is 220 g/mol. The molecule has 2 fully saturated rings. The quantitative estimate of drug-likeness (QED) is 0.785. The molecule has 1 aromatic heterocycles. The summed E-state index contributed by atoms with van der Waals surface area (Å²) in [7, 11) is 2.03. The van der Waals surface area contributed by atoms with Gasteiger partial charge in [-0.2, -0.15) is 5.10 Å². The Morgan fingerprint density at radius 2 is 2.12 bits per heavy atom. The van der Waals surface area contributed by atoms with E-state index < -0.39 is 0 Å². The van der Waals surface area contributed by atoms with E-state index in [2.05, 4.69) is 21.4 Å². The van der Waals surface area contributed by atoms with Crippen molar-refractivity contribution in [1.82, 2.24) is 20.0 Å². The number of rotatable bonds is 3. The molecule has 4 nitrogen and oxygen atoms in total. The van der Waals surface area contributed by atoms with Gasteiger partial charge >= 0.3 is 0 Å². The van der Waals surface area contributed by atoms with Crippen LogP contribution in [0.3, 0.4) is 0 Å². The van der Waals surface area contributed by atoms with Gasteiger partial charge < -0.3 is 10.2 Å². The van der Waals surface area contributed by atoms with Gasteiger partial charge in [-0.3, -0.25) is 4.68 Å². The van der Waals surface area contributed by atoms with Crippen molar-refractivity contribution in [2.24, 2.45) is 18.9 Å². The molecule has 0 radical (unpaired) electrons. The third-order valence-corrected chi connectivity index (χ3v) is 4.07. The molecular weight excluding hydrogens is 200 g/mol. The maximum Gasteiger partial charge on any atom is 0.0492 e. The summed E-state index contributed by atoms with van der Waals surface area (Å²) in [5.74, 6) is 1.82. The number of nitrogens with one attached hydrogen (secondary N) is 1. The lowest BCUT2D eigenvalue weighted by Gasteiger charge is -2.16. The summed E-state index contributed by atoms with van der Waals surface area (Å²) in [5.41, 5.74) is 1.34. The van der Waals surface area contributed by atoms with Crippen molar-refractivity contribution < 1.29 is 0 Å². The molecule has 3 rings (SSSR count). The normalized spacial score (nSPS) is 29.8. The van der Waals surface area contributed by atoms with Crippen LogP contribution in [0.2, 0.25) is 0 Å². The van der Waals surface area contributed by atoms with Gasteiger partial charge in [0, 0.05) is 45.0 Å². The van der Waals surface area contributed by atoms with E-state index in [0.29, 0.717) is 0 Å². The Morgan fingerprint density at radius 1 is 1.38 bits per heavy atom. The van der Waals surface area contributed by atoms with E-state index in [1.165, 1.54) is 38.4 Å². The summed E-state index contributed by atoms with van der Waals surface area (Å²) in [4.78, 5) is 2.61. The second kappa shape index (κ2) is 4.18. The topological polar surface area (TPSA) is 33.1 Å². The standard InChI is InChI=1S/C12H20N4/c1-15-12(2-4-14-15)3-5-16-8-10-6-13-7-11(10)9-16/h2,4,10-11,13H,3,5-9H2,1H3/t10-,11+. The van der Waals surface area contributed by atoms with Crippen LogP contribution in [0, 0.1) is 11.8 Å². The van der Waals surface area contributed by atoms with Gasteiger partial charge in [0.25, 0.3) is 0 Å². The molecule has 0 bridgehead atoms. The van der Waals surface area contributed by atoms with Gasteiger partial charge in [0.1, 0.15) is 0 Å². The first-order chi connectivity index (χ1) is 7.83. The zero-order valence-corrected chi connectivity index (χ0v) is 9.89. The second-order valence-corrected chi connectivity index (χ2v) is 5.13. The van der Waals surface area contributed by atoms with Crippen molar-refractivity contribution in [2.75, 3.05) is 32.7 Å². The number of aryl methyl sites for hydroxylation is 1. The highest BCUT2D eigenvalue weighted by molar-refractivity contribution is 5.01. The molecule has 1 N–H and O–H groups in total. The minimum absolute atomic E-state index is 0.909. The van der Waals surface area contributed by atoms with E-state index in [-0.39, 0.29) is 0 Å². The lowest BCUT2D eigenvalue weighted by atomic mass is 10.0. The van der Waals surface area contributed by atoms with Crippen molar-refractivity contribution in [3.8, 4) is 0 Å². The van der Waals surface area contributed by atoms with Crippen LogP contribution >= 0.6 is 0 Å². The van der Waals surface area contributed by atoms with Gasteiger partial charge in [0.2, 0.25) is 0 Å². The van der Waals surface area contributed by atoms with Gasteiger partial charge in [-0.25, -0.2) is 0 Å². The third kappa shape index (κ3) is 1.87. The Kier molecular flexibility index (Phi) is 2.69. The van der Waals surface area contributed by atoms with Crippen molar-refractivity contribution in [3.63, 3.8) is 0 Å². The molecule has 0 unspecified atom stereocenters. The number of fused-ring (bicyclic) bond motifs is 1. The van der Waals surface area contributed by atoms with E-state index in [4.69, 9.17) is 0 Å². The molecule has 0 amide bonds. The van der Waals surface area contributed by atoms with Crippen molar-refractivity contribution in [2.45, 2.75) is 6.42 Å². The molecule has 2 saturated heterocycles. The first-order valence-electron chi connectivity index (χ1n) is 6.23. The van der Waals surface area contributed by atoms with Gasteiger partial charge in [0.05, 0.1) is 0 Å². The first kappa shape index (κ1) is 10.3. The minimum Gasteiger partial charge on any atom is -0.316 e. The summed E-state index contributed by atoms with van der Waals surface area (Å²) < 4.78 is 1.98. The molecule has 2 aliphatic rings. The minimum atomic E-state index is 0.909. The third-order valence-electron chi connectivity index (χ3n) is 4.07. The fourth-order valence-corrected chi connectivity index (χ4v) is 3.05. The number of hydrogen-bond donors (Lipinski definition) is 1. The molecule has 16 heavy (non-hydrogen) atoms. The molecule has 0 spiro atoms. The summed E-state index contributed by atoms with van der Waals surface area (Å²) >= 11 is 0. The summed E-state index contributed by atoms with van der Waals surface area (Å²) in [6.07, 6.45) is 3.02. The lowest BCUT2D eigenvalue weighted by molar-refractivity contribution is 0.315. The highest BCUT2D eigenvalue weighted by Gasteiger charge is 2.35. The SMILES string of the molecule is Cn1nccc1CCN1C[C@H]2CNC[C@H]2C1. The predicted octanol–water partition coefficient (Wildman–Crippen LogP) is 0.114. The molecular formula is C12H20N4. The number of hydrogen-bond acceptors (Lipinski definition) is 3. The van der Waals surface area contributed by atoms with Crippen molar-refractivity contribution in [3.05, 3.63) is 18.0 Å². The Balaban J connectivity index is 1.52. The number of likely N-dealkylation sites (tertiary alicyclic amines) is 1. The van der Waals surface area contributed by atoms with Crippen LogP contribution < -0.4 is 5.32 Å². The van der Waals surface area contributed by atoms with Crippen LogP contribution in [0.5, 0.6) is 0 Å². The molecule has 0 aliphatic carbocycles. The van der Waals surface area contributed by atoms with E-state index in [0.717, 1.165) is 18.3 Å². The molecule has 2 aliphatic heterocycles. The Bertz CT molecular complexity index is 348. The molecule has 2 atom stereocenters. The van der Waals surface area contributed by atoms with Gasteiger partial charge in [0.15, 0.2) is 0 Å². The maximum atomic E-state index is 4.21. The molecule has 0 saturated carbocycles. The fourth-order valence-electron chi connectivity index (χ4n) is 3.05. The monoisotopic (exact) mass is 220 g/mol. The van der Waals surface area contributed by atoms with E-state index in [1.54, 1.807) is 0 Å². The number of aromatic nitrogens is 2. The summed E-state index contributed by atoms with van der Waals surface area (Å²) in [5, 5.41) is 7.69. The van der Waals surface area contributed by atoms with Crippen LogP contribution in [0.15, 0.2) is 12.3 Å². The highest BCUT2D eigenvalue weighted by atomic mass is 15.3. The van der Waals surface area contributed by atoms with Crippen molar-refractivity contribution in [1.29, 1.82) is 0 Å². The zero-order valence-electron chi connectivity index (χ0n) is 9.89. The van der Waals surface area contributed by atoms with Gasteiger partial charge in [-0.15, -0.1) is 0 Å². The van der Waals surface area contributed by atoms with Crippen LogP contribution in [0.4, 0.5) is 0 Å². The molecule has 4 heteroatoms. The van der Waals surface area contributed by atoms with E-state index in [1.807, 2.05) is 17.9 Å². The predicted molar refractivity (Wildman–Crippen MR) is 63.2 cm³/mol. The maximum absolute atomic E-state index is 4.21. The van der Waals surface area contributed by atoms with Crippen LogP contribution in [0.25, 0.3) is 0 Å². The van der Waals surface area contributed by atoms with Gasteiger partial charge in [-0.1, -0.05) is 0 Å². The zero-order chi connectivity index (χ0) is 11.0. The Hall–Kier alpha value is -0.870.